The number of benzene rings is 1. The second-order valence-corrected chi connectivity index (χ2v) is 3.16. The molecule has 0 bridgehead atoms. The molecule has 0 aliphatic rings. The molecule has 0 aromatic heterocycles. The summed E-state index contributed by atoms with van der Waals surface area (Å²) in [6, 6.07) is 9.83. The SMILES string of the molecule is Cl.NCC(F)CCOCc1ccccc1. The van der Waals surface area contributed by atoms with Crippen LogP contribution in [0.3, 0.4) is 0 Å². The van der Waals surface area contributed by atoms with Gasteiger partial charge in [0.2, 0.25) is 0 Å². The van der Waals surface area contributed by atoms with Crippen molar-refractivity contribution in [1.29, 1.82) is 0 Å². The van der Waals surface area contributed by atoms with E-state index in [-0.39, 0.29) is 19.0 Å². The number of rotatable bonds is 6. The fourth-order valence-corrected chi connectivity index (χ4v) is 1.09. The standard InChI is InChI=1S/C11H16FNO.ClH/c12-11(8-13)6-7-14-9-10-4-2-1-3-5-10;/h1-5,11H,6-9,13H2;1H. The van der Waals surface area contributed by atoms with E-state index in [4.69, 9.17) is 10.5 Å². The molecular weight excluding hydrogens is 217 g/mol. The minimum absolute atomic E-state index is 0. The lowest BCUT2D eigenvalue weighted by molar-refractivity contribution is 0.101. The molecule has 15 heavy (non-hydrogen) atoms. The van der Waals surface area contributed by atoms with Crippen LogP contribution in [0, 0.1) is 0 Å². The number of hydrogen-bond donors (Lipinski definition) is 1. The van der Waals surface area contributed by atoms with E-state index in [2.05, 4.69) is 0 Å². The molecule has 2 nitrogen and oxygen atoms in total. The molecule has 4 heteroatoms. The van der Waals surface area contributed by atoms with Gasteiger partial charge in [0.15, 0.2) is 0 Å². The van der Waals surface area contributed by atoms with Crippen LogP contribution in [0.15, 0.2) is 30.3 Å². The topological polar surface area (TPSA) is 35.2 Å². The van der Waals surface area contributed by atoms with Gasteiger partial charge < -0.3 is 10.5 Å². The average Bonchev–Trinajstić information content (AvgIpc) is 2.25. The molecule has 1 aromatic rings. The highest BCUT2D eigenvalue weighted by atomic mass is 35.5. The van der Waals surface area contributed by atoms with Gasteiger partial charge >= 0.3 is 0 Å². The molecule has 0 amide bonds. The van der Waals surface area contributed by atoms with Crippen molar-refractivity contribution in [2.75, 3.05) is 13.2 Å². The minimum Gasteiger partial charge on any atom is -0.377 e. The minimum atomic E-state index is -0.939. The Hall–Kier alpha value is -0.640. The van der Waals surface area contributed by atoms with Crippen molar-refractivity contribution < 1.29 is 9.13 Å². The predicted molar refractivity (Wildman–Crippen MR) is 61.9 cm³/mol. The smallest absolute Gasteiger partial charge is 0.114 e. The molecule has 0 heterocycles. The Kier molecular flexibility index (Phi) is 8.28. The summed E-state index contributed by atoms with van der Waals surface area (Å²) < 4.78 is 17.9. The van der Waals surface area contributed by atoms with Crippen LogP contribution >= 0.6 is 12.4 Å². The van der Waals surface area contributed by atoms with Gasteiger partial charge in [0.05, 0.1) is 6.61 Å². The third-order valence-corrected chi connectivity index (χ3v) is 1.94. The van der Waals surface area contributed by atoms with Gasteiger partial charge in [0.25, 0.3) is 0 Å². The Bertz CT molecular complexity index is 246. The first-order chi connectivity index (χ1) is 6.83. The van der Waals surface area contributed by atoms with E-state index >= 15 is 0 Å². The van der Waals surface area contributed by atoms with Gasteiger partial charge in [-0.15, -0.1) is 12.4 Å². The van der Waals surface area contributed by atoms with E-state index in [1.807, 2.05) is 30.3 Å². The number of ether oxygens (including phenoxy) is 1. The summed E-state index contributed by atoms with van der Waals surface area (Å²) in [6.07, 6.45) is -0.561. The first kappa shape index (κ1) is 14.4. The van der Waals surface area contributed by atoms with Crippen LogP contribution in [0.1, 0.15) is 12.0 Å². The summed E-state index contributed by atoms with van der Waals surface area (Å²) >= 11 is 0. The highest BCUT2D eigenvalue weighted by Crippen LogP contribution is 2.02. The summed E-state index contributed by atoms with van der Waals surface area (Å²) in [6.45, 7) is 1.04. The zero-order chi connectivity index (χ0) is 10.2. The van der Waals surface area contributed by atoms with E-state index < -0.39 is 6.17 Å². The highest BCUT2D eigenvalue weighted by molar-refractivity contribution is 5.85. The molecule has 1 atom stereocenters. The number of nitrogens with two attached hydrogens (primary N) is 1. The molecule has 2 N–H and O–H groups in total. The van der Waals surface area contributed by atoms with Crippen molar-refractivity contribution >= 4 is 12.4 Å². The van der Waals surface area contributed by atoms with Crippen molar-refractivity contribution in [3.8, 4) is 0 Å². The van der Waals surface area contributed by atoms with E-state index in [9.17, 15) is 4.39 Å². The molecule has 86 valence electrons. The lowest BCUT2D eigenvalue weighted by Crippen LogP contribution is -2.17. The number of hydrogen-bond acceptors (Lipinski definition) is 2. The first-order valence-corrected chi connectivity index (χ1v) is 4.78. The lowest BCUT2D eigenvalue weighted by atomic mass is 10.2. The third kappa shape index (κ3) is 6.44. The second-order valence-electron chi connectivity index (χ2n) is 3.16. The summed E-state index contributed by atoms with van der Waals surface area (Å²) in [5, 5.41) is 0. The van der Waals surface area contributed by atoms with Crippen molar-refractivity contribution in [3.05, 3.63) is 35.9 Å². The fourth-order valence-electron chi connectivity index (χ4n) is 1.09. The van der Waals surface area contributed by atoms with Gasteiger partial charge in [-0.25, -0.2) is 4.39 Å². The van der Waals surface area contributed by atoms with Crippen LogP contribution in [0.5, 0.6) is 0 Å². The maximum atomic E-state index is 12.7. The fraction of sp³-hybridized carbons (Fsp3) is 0.455. The Morgan fingerprint density at radius 2 is 1.93 bits per heavy atom. The van der Waals surface area contributed by atoms with Crippen molar-refractivity contribution in [1.82, 2.24) is 0 Å². The summed E-state index contributed by atoms with van der Waals surface area (Å²) in [5.74, 6) is 0. The molecule has 0 radical (unpaired) electrons. The van der Waals surface area contributed by atoms with Gasteiger partial charge in [-0.05, 0) is 5.56 Å². The third-order valence-electron chi connectivity index (χ3n) is 1.94. The molecule has 0 spiro atoms. The Balaban J connectivity index is 0.00000196. The first-order valence-electron chi connectivity index (χ1n) is 4.78. The van der Waals surface area contributed by atoms with Crippen LogP contribution in [0.2, 0.25) is 0 Å². The average molecular weight is 234 g/mol. The number of alkyl halides is 1. The van der Waals surface area contributed by atoms with Gasteiger partial charge in [-0.1, -0.05) is 30.3 Å². The molecule has 0 aliphatic heterocycles. The van der Waals surface area contributed by atoms with Crippen LogP contribution in [0.4, 0.5) is 4.39 Å². The van der Waals surface area contributed by atoms with Crippen LogP contribution in [-0.4, -0.2) is 19.3 Å². The molecule has 0 saturated carbocycles. The number of halogens is 2. The lowest BCUT2D eigenvalue weighted by Gasteiger charge is -2.06. The van der Waals surface area contributed by atoms with Crippen molar-refractivity contribution in [2.45, 2.75) is 19.2 Å². The monoisotopic (exact) mass is 233 g/mol. The zero-order valence-electron chi connectivity index (χ0n) is 8.56. The van der Waals surface area contributed by atoms with Gasteiger partial charge in [0, 0.05) is 19.6 Å². The normalized spacial score (nSPS) is 11.9. The zero-order valence-corrected chi connectivity index (χ0v) is 9.38. The largest absolute Gasteiger partial charge is 0.377 e. The van der Waals surface area contributed by atoms with Gasteiger partial charge in [0.1, 0.15) is 6.17 Å². The van der Waals surface area contributed by atoms with E-state index in [0.29, 0.717) is 19.6 Å². The maximum absolute atomic E-state index is 12.7. The van der Waals surface area contributed by atoms with E-state index in [1.54, 1.807) is 0 Å². The Labute approximate surface area is 96.0 Å². The molecule has 0 fully saturated rings. The molecule has 1 aromatic carbocycles. The van der Waals surface area contributed by atoms with E-state index in [1.165, 1.54) is 0 Å². The Morgan fingerprint density at radius 1 is 1.27 bits per heavy atom. The second kappa shape index (κ2) is 8.65. The maximum Gasteiger partial charge on any atom is 0.114 e. The summed E-state index contributed by atoms with van der Waals surface area (Å²) in [7, 11) is 0. The highest BCUT2D eigenvalue weighted by Gasteiger charge is 2.02. The van der Waals surface area contributed by atoms with Crippen molar-refractivity contribution in [2.24, 2.45) is 5.73 Å². The molecule has 0 saturated heterocycles. The van der Waals surface area contributed by atoms with Crippen LogP contribution in [-0.2, 0) is 11.3 Å². The molecule has 0 aliphatic carbocycles. The van der Waals surface area contributed by atoms with E-state index in [0.717, 1.165) is 5.56 Å². The molecular formula is C11H17ClFNO. The van der Waals surface area contributed by atoms with Gasteiger partial charge in [-0.3, -0.25) is 0 Å². The Morgan fingerprint density at radius 3 is 2.53 bits per heavy atom. The van der Waals surface area contributed by atoms with Gasteiger partial charge in [-0.2, -0.15) is 0 Å². The van der Waals surface area contributed by atoms with Crippen LogP contribution < -0.4 is 5.73 Å². The summed E-state index contributed by atoms with van der Waals surface area (Å²) in [5.41, 5.74) is 6.24. The molecule has 1 unspecified atom stereocenters. The van der Waals surface area contributed by atoms with Crippen LogP contribution in [0.25, 0.3) is 0 Å². The predicted octanol–water partition coefficient (Wildman–Crippen LogP) is 2.31. The molecule has 1 rings (SSSR count). The van der Waals surface area contributed by atoms with Crippen molar-refractivity contribution in [3.63, 3.8) is 0 Å². The quantitative estimate of drug-likeness (QED) is 0.766. The summed E-state index contributed by atoms with van der Waals surface area (Å²) in [4.78, 5) is 0.